The van der Waals surface area contributed by atoms with E-state index in [-0.39, 0.29) is 0 Å². The minimum absolute atomic E-state index is 0.806. The van der Waals surface area contributed by atoms with Crippen molar-refractivity contribution < 1.29 is 0 Å². The Hall–Kier alpha value is -4.53. The summed E-state index contributed by atoms with van der Waals surface area (Å²) in [5, 5.41) is 0. The van der Waals surface area contributed by atoms with Crippen molar-refractivity contribution >= 4 is 18.3 Å². The molecule has 6 aromatic rings. The predicted octanol–water partition coefficient (Wildman–Crippen LogP) is 12.2. The summed E-state index contributed by atoms with van der Waals surface area (Å²) in [5.74, 6) is 0. The third-order valence-electron chi connectivity index (χ3n) is 6.98. The van der Waals surface area contributed by atoms with E-state index >= 15 is 0 Å². The average Bonchev–Trinajstić information content (AvgIpc) is 3.05. The molecular formula is C42H45NS. The fraction of sp³-hybridized carbons (Fsp3) is 0.143. The second-order valence-electron chi connectivity index (χ2n) is 10.6. The van der Waals surface area contributed by atoms with Gasteiger partial charge in [0, 0.05) is 10.6 Å². The van der Waals surface area contributed by atoms with Crippen LogP contribution in [0.4, 0.5) is 5.69 Å². The van der Waals surface area contributed by atoms with Crippen molar-refractivity contribution in [1.82, 2.24) is 0 Å². The second-order valence-corrected chi connectivity index (χ2v) is 11.1. The van der Waals surface area contributed by atoms with Gasteiger partial charge in [-0.05, 0) is 85.3 Å². The summed E-state index contributed by atoms with van der Waals surface area (Å²) in [6.45, 7) is 12.4. The largest absolute Gasteiger partial charge is 0.399 e. The molecule has 1 nitrogen and oxygen atoms in total. The van der Waals surface area contributed by atoms with Crippen LogP contribution in [0.5, 0.6) is 0 Å². The number of anilines is 1. The highest BCUT2D eigenvalue weighted by Crippen LogP contribution is 2.22. The molecule has 0 aliphatic carbocycles. The number of aryl methyl sites for hydroxylation is 4. The summed E-state index contributed by atoms with van der Waals surface area (Å²) in [6.07, 6.45) is 0. The first-order valence-electron chi connectivity index (χ1n) is 15.2. The van der Waals surface area contributed by atoms with E-state index in [1.54, 1.807) is 0 Å². The Labute approximate surface area is 270 Å². The molecule has 0 saturated heterocycles. The minimum Gasteiger partial charge on any atom is -0.399 e. The maximum atomic E-state index is 5.63. The van der Waals surface area contributed by atoms with Crippen LogP contribution in [0.25, 0.3) is 33.4 Å². The number of thiol groups is 1. The minimum atomic E-state index is 0.806. The van der Waals surface area contributed by atoms with Crippen LogP contribution in [0.2, 0.25) is 0 Å². The van der Waals surface area contributed by atoms with E-state index in [0.29, 0.717) is 0 Å². The molecule has 0 spiro atoms. The van der Waals surface area contributed by atoms with E-state index in [1.807, 2.05) is 50.2 Å². The third-order valence-corrected chi connectivity index (χ3v) is 7.28. The number of nitrogen functional groups attached to an aromatic ring is 1. The Balaban J connectivity index is 0.000000175. The van der Waals surface area contributed by atoms with Gasteiger partial charge in [0.05, 0.1) is 0 Å². The lowest BCUT2D eigenvalue weighted by Gasteiger charge is -2.02. The highest BCUT2D eigenvalue weighted by atomic mass is 32.1. The molecule has 2 N–H and O–H groups in total. The normalized spacial score (nSPS) is 9.80. The molecule has 44 heavy (non-hydrogen) atoms. The van der Waals surface area contributed by atoms with Crippen LogP contribution in [-0.2, 0) is 0 Å². The number of benzene rings is 6. The standard InChI is InChI=1S/C14H14.C13H13N.C13H12S.C2H6/c1-11-3-7-13(8-4-11)14-9-5-12(2)6-10-14;2*1-10-2-4-11(5-3-10)12-6-8-13(14)9-7-12;1-2/h3-10H,1-2H3;2-9H,14H2,1H3;2-9,14H,1H3;1-2H3. The van der Waals surface area contributed by atoms with Crippen LogP contribution in [0.3, 0.4) is 0 Å². The van der Waals surface area contributed by atoms with E-state index in [4.69, 9.17) is 5.73 Å². The van der Waals surface area contributed by atoms with Crippen molar-refractivity contribution in [1.29, 1.82) is 0 Å². The molecule has 0 aromatic heterocycles. The van der Waals surface area contributed by atoms with Gasteiger partial charge in [0.15, 0.2) is 0 Å². The van der Waals surface area contributed by atoms with Crippen molar-refractivity contribution in [2.24, 2.45) is 0 Å². The van der Waals surface area contributed by atoms with Crippen molar-refractivity contribution in [2.75, 3.05) is 5.73 Å². The molecule has 0 unspecified atom stereocenters. The topological polar surface area (TPSA) is 26.0 Å². The average molecular weight is 596 g/mol. The summed E-state index contributed by atoms with van der Waals surface area (Å²) in [7, 11) is 0. The highest BCUT2D eigenvalue weighted by molar-refractivity contribution is 7.80. The van der Waals surface area contributed by atoms with E-state index in [0.717, 1.165) is 10.6 Å². The molecule has 0 radical (unpaired) electrons. The number of hydrogen-bond acceptors (Lipinski definition) is 2. The van der Waals surface area contributed by atoms with Crippen LogP contribution in [0.1, 0.15) is 36.1 Å². The fourth-order valence-corrected chi connectivity index (χ4v) is 4.46. The number of hydrogen-bond donors (Lipinski definition) is 2. The quantitative estimate of drug-likeness (QED) is 0.154. The predicted molar refractivity (Wildman–Crippen MR) is 198 cm³/mol. The maximum Gasteiger partial charge on any atom is 0.0314 e. The van der Waals surface area contributed by atoms with E-state index in [1.165, 1.54) is 55.6 Å². The zero-order valence-corrected chi connectivity index (χ0v) is 27.8. The Kier molecular flexibility index (Phi) is 13.6. The molecule has 0 fully saturated rings. The molecule has 0 aliphatic heterocycles. The van der Waals surface area contributed by atoms with Gasteiger partial charge in [0.25, 0.3) is 0 Å². The lowest BCUT2D eigenvalue weighted by molar-refractivity contribution is 1.44. The second kappa shape index (κ2) is 17.6. The van der Waals surface area contributed by atoms with Gasteiger partial charge in [0.1, 0.15) is 0 Å². The van der Waals surface area contributed by atoms with Gasteiger partial charge < -0.3 is 5.73 Å². The maximum absolute atomic E-state index is 5.63. The van der Waals surface area contributed by atoms with Crippen LogP contribution >= 0.6 is 12.6 Å². The Morgan fingerprint density at radius 1 is 0.318 bits per heavy atom. The van der Waals surface area contributed by atoms with Crippen molar-refractivity contribution in [2.45, 2.75) is 46.4 Å². The molecule has 0 aliphatic rings. The summed E-state index contributed by atoms with van der Waals surface area (Å²) >= 11 is 4.26. The van der Waals surface area contributed by atoms with Gasteiger partial charge >= 0.3 is 0 Å². The smallest absolute Gasteiger partial charge is 0.0314 e. The van der Waals surface area contributed by atoms with Gasteiger partial charge in [0.2, 0.25) is 0 Å². The lowest BCUT2D eigenvalue weighted by atomic mass is 10.0. The molecule has 0 bridgehead atoms. The van der Waals surface area contributed by atoms with Gasteiger partial charge in [-0.25, -0.2) is 0 Å². The van der Waals surface area contributed by atoms with E-state index in [9.17, 15) is 0 Å². The molecule has 6 aromatic carbocycles. The summed E-state index contributed by atoms with van der Waals surface area (Å²) in [6, 6.07) is 50.4. The monoisotopic (exact) mass is 595 g/mol. The molecule has 0 amide bonds. The highest BCUT2D eigenvalue weighted by Gasteiger charge is 1.98. The van der Waals surface area contributed by atoms with Crippen LogP contribution in [0, 0.1) is 27.7 Å². The fourth-order valence-electron chi connectivity index (χ4n) is 4.31. The number of nitrogens with two attached hydrogens (primary N) is 1. The first-order valence-corrected chi connectivity index (χ1v) is 15.6. The van der Waals surface area contributed by atoms with Crippen LogP contribution in [-0.4, -0.2) is 0 Å². The van der Waals surface area contributed by atoms with E-state index < -0.39 is 0 Å². The van der Waals surface area contributed by atoms with Gasteiger partial charge in [-0.15, -0.1) is 12.6 Å². The zero-order valence-electron chi connectivity index (χ0n) is 26.9. The molecular weight excluding hydrogens is 551 g/mol. The molecule has 224 valence electrons. The van der Waals surface area contributed by atoms with E-state index in [2.05, 4.69) is 150 Å². The Morgan fingerprint density at radius 2 is 0.500 bits per heavy atom. The third kappa shape index (κ3) is 10.9. The summed E-state index contributed by atoms with van der Waals surface area (Å²) in [5.41, 5.74) is 19.1. The van der Waals surface area contributed by atoms with Crippen LogP contribution in [0.15, 0.2) is 150 Å². The van der Waals surface area contributed by atoms with Crippen molar-refractivity contribution in [3.05, 3.63) is 168 Å². The van der Waals surface area contributed by atoms with Gasteiger partial charge in [-0.2, -0.15) is 0 Å². The van der Waals surface area contributed by atoms with Crippen molar-refractivity contribution in [3.8, 4) is 33.4 Å². The number of rotatable bonds is 3. The summed E-state index contributed by atoms with van der Waals surface area (Å²) in [4.78, 5) is 1.00. The molecule has 2 heteroatoms. The Morgan fingerprint density at radius 3 is 0.727 bits per heavy atom. The molecule has 0 saturated carbocycles. The van der Waals surface area contributed by atoms with Crippen molar-refractivity contribution in [3.63, 3.8) is 0 Å². The zero-order chi connectivity index (χ0) is 31.9. The van der Waals surface area contributed by atoms with Gasteiger partial charge in [-0.3, -0.25) is 0 Å². The molecule has 0 heterocycles. The van der Waals surface area contributed by atoms with Crippen LogP contribution < -0.4 is 5.73 Å². The molecule has 0 atom stereocenters. The lowest BCUT2D eigenvalue weighted by Crippen LogP contribution is -1.83. The first-order chi connectivity index (χ1) is 21.3. The molecule has 6 rings (SSSR count). The SMILES string of the molecule is CC.Cc1ccc(-c2ccc(C)cc2)cc1.Cc1ccc(-c2ccc(N)cc2)cc1.Cc1ccc(-c2ccc(S)cc2)cc1. The first kappa shape index (κ1) is 34.0. The Bertz CT molecular complexity index is 1310. The van der Waals surface area contributed by atoms with Gasteiger partial charge in [-0.1, -0.05) is 157 Å². The summed E-state index contributed by atoms with van der Waals surface area (Å²) < 4.78 is 0.